The summed E-state index contributed by atoms with van der Waals surface area (Å²) in [5.74, 6) is 0.788. The third-order valence-electron chi connectivity index (χ3n) is 2.37. The van der Waals surface area contributed by atoms with Crippen LogP contribution in [0.1, 0.15) is 47.0 Å². The Morgan fingerprint density at radius 1 is 1.21 bits per heavy atom. The monoisotopic (exact) mass is 200 g/mol. The summed E-state index contributed by atoms with van der Waals surface area (Å²) in [7, 11) is 0. The standard InChI is InChI=1S/C12H28N2/c1-11(7-8-13)6-5-9-14-10-12(2,3)4/h11,14H,5-10,13H2,1-4H3. The van der Waals surface area contributed by atoms with Gasteiger partial charge in [-0.05, 0) is 50.2 Å². The van der Waals surface area contributed by atoms with Crippen LogP contribution in [0, 0.1) is 11.3 Å². The summed E-state index contributed by atoms with van der Waals surface area (Å²) < 4.78 is 0. The van der Waals surface area contributed by atoms with Crippen molar-refractivity contribution in [3.8, 4) is 0 Å². The van der Waals surface area contributed by atoms with Gasteiger partial charge in [-0.3, -0.25) is 0 Å². The molecule has 3 N–H and O–H groups in total. The average Bonchev–Trinajstić information content (AvgIpc) is 2.02. The second-order valence-electron chi connectivity index (χ2n) is 5.56. The highest BCUT2D eigenvalue weighted by atomic mass is 14.9. The van der Waals surface area contributed by atoms with Gasteiger partial charge in [0.05, 0.1) is 0 Å². The lowest BCUT2D eigenvalue weighted by Gasteiger charge is -2.19. The third kappa shape index (κ3) is 10.0. The van der Waals surface area contributed by atoms with Crippen LogP contribution >= 0.6 is 0 Å². The normalized spacial score (nSPS) is 14.4. The molecule has 2 nitrogen and oxygen atoms in total. The van der Waals surface area contributed by atoms with Crippen molar-refractivity contribution in [1.82, 2.24) is 5.32 Å². The zero-order valence-corrected chi connectivity index (χ0v) is 10.4. The molecule has 0 saturated carbocycles. The Balaban J connectivity index is 3.21. The molecule has 0 heterocycles. The summed E-state index contributed by atoms with van der Waals surface area (Å²) in [5, 5.41) is 3.49. The van der Waals surface area contributed by atoms with Gasteiger partial charge in [0.15, 0.2) is 0 Å². The van der Waals surface area contributed by atoms with Crippen molar-refractivity contribution in [3.05, 3.63) is 0 Å². The predicted molar refractivity (Wildman–Crippen MR) is 64.4 cm³/mol. The van der Waals surface area contributed by atoms with Crippen LogP contribution in [0.4, 0.5) is 0 Å². The van der Waals surface area contributed by atoms with Gasteiger partial charge in [-0.25, -0.2) is 0 Å². The maximum atomic E-state index is 5.50. The average molecular weight is 200 g/mol. The lowest BCUT2D eigenvalue weighted by atomic mass is 9.97. The minimum atomic E-state index is 0.406. The molecule has 14 heavy (non-hydrogen) atoms. The Bertz CT molecular complexity index is 127. The molecule has 0 aliphatic carbocycles. The van der Waals surface area contributed by atoms with E-state index in [-0.39, 0.29) is 0 Å². The Kier molecular flexibility index (Phi) is 7.20. The fourth-order valence-electron chi connectivity index (χ4n) is 1.47. The summed E-state index contributed by atoms with van der Waals surface area (Å²) in [6.45, 7) is 12.2. The number of nitrogens with two attached hydrogens (primary N) is 1. The van der Waals surface area contributed by atoms with Crippen LogP contribution < -0.4 is 11.1 Å². The van der Waals surface area contributed by atoms with Gasteiger partial charge < -0.3 is 11.1 Å². The molecular weight excluding hydrogens is 172 g/mol. The molecule has 0 aromatic heterocycles. The zero-order chi connectivity index (χ0) is 11.0. The van der Waals surface area contributed by atoms with Gasteiger partial charge in [-0.1, -0.05) is 27.7 Å². The number of hydrogen-bond acceptors (Lipinski definition) is 2. The van der Waals surface area contributed by atoms with E-state index in [1.165, 1.54) is 19.3 Å². The van der Waals surface area contributed by atoms with Crippen LogP contribution in [0.15, 0.2) is 0 Å². The molecule has 0 aromatic carbocycles. The van der Waals surface area contributed by atoms with E-state index >= 15 is 0 Å². The minimum Gasteiger partial charge on any atom is -0.330 e. The first-order valence-electron chi connectivity index (χ1n) is 5.86. The van der Waals surface area contributed by atoms with Gasteiger partial charge in [0.2, 0.25) is 0 Å². The van der Waals surface area contributed by atoms with E-state index in [2.05, 4.69) is 33.0 Å². The molecule has 0 bridgehead atoms. The molecule has 1 atom stereocenters. The van der Waals surface area contributed by atoms with E-state index in [0.717, 1.165) is 25.6 Å². The first kappa shape index (κ1) is 13.9. The van der Waals surface area contributed by atoms with Gasteiger partial charge in [0, 0.05) is 0 Å². The molecular formula is C12H28N2. The van der Waals surface area contributed by atoms with Gasteiger partial charge in [0.1, 0.15) is 0 Å². The predicted octanol–water partition coefficient (Wildman–Crippen LogP) is 2.39. The van der Waals surface area contributed by atoms with Crippen molar-refractivity contribution in [3.63, 3.8) is 0 Å². The van der Waals surface area contributed by atoms with Crippen molar-refractivity contribution in [2.24, 2.45) is 17.1 Å². The molecule has 0 amide bonds. The van der Waals surface area contributed by atoms with Gasteiger partial charge in [-0.2, -0.15) is 0 Å². The fraction of sp³-hybridized carbons (Fsp3) is 1.00. The van der Waals surface area contributed by atoms with E-state index in [0.29, 0.717) is 5.41 Å². The Hall–Kier alpha value is -0.0800. The molecule has 0 spiro atoms. The van der Waals surface area contributed by atoms with Gasteiger partial charge in [-0.15, -0.1) is 0 Å². The fourth-order valence-corrected chi connectivity index (χ4v) is 1.47. The lowest BCUT2D eigenvalue weighted by Crippen LogP contribution is -2.27. The molecule has 2 heteroatoms. The molecule has 0 aliphatic rings. The Morgan fingerprint density at radius 2 is 1.86 bits per heavy atom. The van der Waals surface area contributed by atoms with E-state index < -0.39 is 0 Å². The zero-order valence-electron chi connectivity index (χ0n) is 10.4. The van der Waals surface area contributed by atoms with Crippen molar-refractivity contribution < 1.29 is 0 Å². The van der Waals surface area contributed by atoms with Crippen molar-refractivity contribution in [1.29, 1.82) is 0 Å². The number of nitrogens with one attached hydrogen (secondary N) is 1. The lowest BCUT2D eigenvalue weighted by molar-refractivity contribution is 0.371. The van der Waals surface area contributed by atoms with E-state index in [4.69, 9.17) is 5.73 Å². The summed E-state index contributed by atoms with van der Waals surface area (Å²) in [4.78, 5) is 0. The summed E-state index contributed by atoms with van der Waals surface area (Å²) in [5.41, 5.74) is 5.91. The number of rotatable bonds is 7. The van der Waals surface area contributed by atoms with Crippen LogP contribution in [-0.2, 0) is 0 Å². The highest BCUT2D eigenvalue weighted by Crippen LogP contribution is 2.11. The summed E-state index contributed by atoms with van der Waals surface area (Å²) in [6.07, 6.45) is 3.74. The van der Waals surface area contributed by atoms with Crippen LogP contribution in [-0.4, -0.2) is 19.6 Å². The van der Waals surface area contributed by atoms with E-state index in [9.17, 15) is 0 Å². The Labute approximate surface area is 89.6 Å². The topological polar surface area (TPSA) is 38.0 Å². The quantitative estimate of drug-likeness (QED) is 0.619. The third-order valence-corrected chi connectivity index (χ3v) is 2.37. The van der Waals surface area contributed by atoms with E-state index in [1.54, 1.807) is 0 Å². The van der Waals surface area contributed by atoms with Crippen LogP contribution in [0.2, 0.25) is 0 Å². The smallest absolute Gasteiger partial charge is 0.0000126 e. The maximum Gasteiger partial charge on any atom is -0.0000126 e. The van der Waals surface area contributed by atoms with Gasteiger partial charge >= 0.3 is 0 Å². The first-order chi connectivity index (χ1) is 6.45. The molecule has 0 fully saturated rings. The highest BCUT2D eigenvalue weighted by Gasteiger charge is 2.08. The molecule has 0 radical (unpaired) electrons. The number of hydrogen-bond donors (Lipinski definition) is 2. The largest absolute Gasteiger partial charge is 0.330 e. The molecule has 1 unspecified atom stereocenters. The molecule has 0 aromatic rings. The minimum absolute atomic E-state index is 0.406. The van der Waals surface area contributed by atoms with Crippen LogP contribution in [0.3, 0.4) is 0 Å². The van der Waals surface area contributed by atoms with Crippen molar-refractivity contribution in [2.75, 3.05) is 19.6 Å². The second-order valence-corrected chi connectivity index (χ2v) is 5.56. The van der Waals surface area contributed by atoms with E-state index in [1.807, 2.05) is 0 Å². The molecule has 0 saturated heterocycles. The molecule has 0 aliphatic heterocycles. The summed E-state index contributed by atoms with van der Waals surface area (Å²) in [6, 6.07) is 0. The van der Waals surface area contributed by atoms with Crippen LogP contribution in [0.25, 0.3) is 0 Å². The summed E-state index contributed by atoms with van der Waals surface area (Å²) >= 11 is 0. The SMILES string of the molecule is CC(CCN)CCCNCC(C)(C)C. The van der Waals surface area contributed by atoms with Crippen molar-refractivity contribution >= 4 is 0 Å². The van der Waals surface area contributed by atoms with Crippen molar-refractivity contribution in [2.45, 2.75) is 47.0 Å². The Morgan fingerprint density at radius 3 is 2.36 bits per heavy atom. The highest BCUT2D eigenvalue weighted by molar-refractivity contribution is 4.65. The first-order valence-corrected chi connectivity index (χ1v) is 5.86. The van der Waals surface area contributed by atoms with Crippen LogP contribution in [0.5, 0.6) is 0 Å². The second kappa shape index (κ2) is 7.24. The molecule has 86 valence electrons. The molecule has 0 rings (SSSR count). The maximum absolute atomic E-state index is 5.50. The van der Waals surface area contributed by atoms with Gasteiger partial charge in [0.25, 0.3) is 0 Å².